The average Bonchev–Trinajstić information content (AvgIpc) is 2.37. The Morgan fingerprint density at radius 1 is 1.09 bits per heavy atom. The van der Waals surface area contributed by atoms with Gasteiger partial charge in [-0.25, -0.2) is 4.79 Å². The van der Waals surface area contributed by atoms with Crippen molar-refractivity contribution in [2.24, 2.45) is 10.4 Å². The molecule has 6 heteroatoms. The molecule has 23 heavy (non-hydrogen) atoms. The number of amides is 1. The van der Waals surface area contributed by atoms with E-state index in [4.69, 9.17) is 4.74 Å². The van der Waals surface area contributed by atoms with Gasteiger partial charge in [0.15, 0.2) is 5.96 Å². The fourth-order valence-electron chi connectivity index (χ4n) is 1.81. The number of alkyl carbamates (subject to hydrolysis) is 1. The van der Waals surface area contributed by atoms with Crippen LogP contribution in [0.4, 0.5) is 4.79 Å². The highest BCUT2D eigenvalue weighted by Gasteiger charge is 2.16. The van der Waals surface area contributed by atoms with Crippen LogP contribution in [0.25, 0.3) is 0 Å². The summed E-state index contributed by atoms with van der Waals surface area (Å²) in [4.78, 5) is 15.7. The quantitative estimate of drug-likeness (QED) is 0.398. The number of carbonyl (C=O) groups excluding carboxylic acids is 1. The van der Waals surface area contributed by atoms with Crippen LogP contribution in [0.1, 0.15) is 61.3 Å². The molecule has 0 aromatic rings. The van der Waals surface area contributed by atoms with Gasteiger partial charge in [0.05, 0.1) is 0 Å². The summed E-state index contributed by atoms with van der Waals surface area (Å²) < 4.78 is 5.18. The van der Waals surface area contributed by atoms with Gasteiger partial charge >= 0.3 is 6.09 Å². The molecule has 0 radical (unpaired) electrons. The molecule has 0 rings (SSSR count). The number of hydrogen-bond acceptors (Lipinski definition) is 3. The normalized spacial score (nSPS) is 14.2. The van der Waals surface area contributed by atoms with Gasteiger partial charge in [-0.2, -0.15) is 0 Å². The molecule has 1 amide bonds. The second-order valence-electron chi connectivity index (χ2n) is 8.07. The Morgan fingerprint density at radius 2 is 1.65 bits per heavy atom. The molecule has 0 fully saturated rings. The number of hydrogen-bond donors (Lipinski definition) is 3. The maximum absolute atomic E-state index is 11.5. The summed E-state index contributed by atoms with van der Waals surface area (Å²) in [6, 6.07) is 0.347. The van der Waals surface area contributed by atoms with E-state index >= 15 is 0 Å². The molecule has 1 atom stereocenters. The molecule has 0 spiro atoms. The van der Waals surface area contributed by atoms with Crippen LogP contribution < -0.4 is 16.0 Å². The zero-order valence-corrected chi connectivity index (χ0v) is 16.2. The minimum absolute atomic E-state index is 0.338. The lowest BCUT2D eigenvalue weighted by atomic mass is 9.89. The predicted octanol–water partition coefficient (Wildman–Crippen LogP) is 2.89. The maximum atomic E-state index is 11.5. The summed E-state index contributed by atoms with van der Waals surface area (Å²) in [7, 11) is 1.74. The molecule has 0 saturated heterocycles. The van der Waals surface area contributed by atoms with Gasteiger partial charge in [-0.3, -0.25) is 4.99 Å². The Hall–Kier alpha value is -1.46. The third-order valence-corrected chi connectivity index (χ3v) is 3.02. The third kappa shape index (κ3) is 13.9. The lowest BCUT2D eigenvalue weighted by Gasteiger charge is -2.23. The van der Waals surface area contributed by atoms with Gasteiger partial charge in [-0.15, -0.1) is 0 Å². The van der Waals surface area contributed by atoms with Gasteiger partial charge in [0, 0.05) is 26.2 Å². The number of guanidine groups is 1. The summed E-state index contributed by atoms with van der Waals surface area (Å²) in [5.41, 5.74) is -0.137. The smallest absolute Gasteiger partial charge is 0.407 e. The molecule has 0 heterocycles. The Kier molecular flexibility index (Phi) is 9.02. The van der Waals surface area contributed by atoms with E-state index in [9.17, 15) is 4.79 Å². The van der Waals surface area contributed by atoms with Crippen LogP contribution >= 0.6 is 0 Å². The number of ether oxygens (including phenoxy) is 1. The molecule has 0 aliphatic rings. The van der Waals surface area contributed by atoms with Crippen molar-refractivity contribution in [3.8, 4) is 0 Å². The van der Waals surface area contributed by atoms with Crippen molar-refractivity contribution >= 4 is 12.1 Å². The Morgan fingerprint density at radius 3 is 2.13 bits per heavy atom. The Bertz CT molecular complexity index is 381. The van der Waals surface area contributed by atoms with Crippen LogP contribution in [0.15, 0.2) is 4.99 Å². The molecule has 0 aromatic heterocycles. The first-order valence-electron chi connectivity index (χ1n) is 8.37. The largest absolute Gasteiger partial charge is 0.444 e. The summed E-state index contributed by atoms with van der Waals surface area (Å²) in [6.07, 6.45) is 1.83. The van der Waals surface area contributed by atoms with Crippen molar-refractivity contribution in [3.05, 3.63) is 0 Å². The maximum Gasteiger partial charge on any atom is 0.407 e. The standard InChI is InChI=1S/C17H36N4O2/c1-13(9-10-16(2,3)4)21-14(18-8)19-11-12-20-15(22)23-17(5,6)7/h13H,9-12H2,1-8H3,(H,20,22)(H2,18,19,21). The fourth-order valence-corrected chi connectivity index (χ4v) is 1.81. The summed E-state index contributed by atoms with van der Waals surface area (Å²) >= 11 is 0. The topological polar surface area (TPSA) is 74.8 Å². The molecule has 0 saturated carbocycles. The van der Waals surface area contributed by atoms with Gasteiger partial charge in [-0.1, -0.05) is 20.8 Å². The minimum Gasteiger partial charge on any atom is -0.444 e. The molecule has 136 valence electrons. The molecule has 0 aliphatic heterocycles. The summed E-state index contributed by atoms with van der Waals surface area (Å²) in [5.74, 6) is 0.748. The van der Waals surface area contributed by atoms with Gasteiger partial charge in [0.25, 0.3) is 0 Å². The van der Waals surface area contributed by atoms with Gasteiger partial charge in [0.2, 0.25) is 0 Å². The van der Waals surface area contributed by atoms with Crippen molar-refractivity contribution in [1.29, 1.82) is 0 Å². The second kappa shape index (κ2) is 9.63. The molecule has 0 aliphatic carbocycles. The van der Waals surface area contributed by atoms with Crippen LogP contribution in [-0.4, -0.2) is 43.8 Å². The first-order valence-corrected chi connectivity index (χ1v) is 8.37. The minimum atomic E-state index is -0.475. The molecular weight excluding hydrogens is 292 g/mol. The van der Waals surface area contributed by atoms with Crippen LogP contribution in [0.3, 0.4) is 0 Å². The van der Waals surface area contributed by atoms with E-state index in [1.807, 2.05) is 20.8 Å². The SMILES string of the molecule is CN=C(NCCNC(=O)OC(C)(C)C)NC(C)CCC(C)(C)C. The summed E-state index contributed by atoms with van der Waals surface area (Å²) in [5, 5.41) is 9.26. The Labute approximate surface area is 141 Å². The first kappa shape index (κ1) is 21.5. The zero-order valence-electron chi connectivity index (χ0n) is 16.2. The highest BCUT2D eigenvalue weighted by atomic mass is 16.6. The van der Waals surface area contributed by atoms with Crippen LogP contribution in [-0.2, 0) is 4.74 Å². The monoisotopic (exact) mass is 328 g/mol. The van der Waals surface area contributed by atoms with Gasteiger partial charge in [0.1, 0.15) is 5.60 Å². The van der Waals surface area contributed by atoms with Crippen molar-refractivity contribution in [2.45, 2.75) is 73.0 Å². The van der Waals surface area contributed by atoms with E-state index in [1.54, 1.807) is 7.05 Å². The highest BCUT2D eigenvalue weighted by Crippen LogP contribution is 2.21. The highest BCUT2D eigenvalue weighted by molar-refractivity contribution is 5.80. The van der Waals surface area contributed by atoms with E-state index in [1.165, 1.54) is 0 Å². The first-order chi connectivity index (χ1) is 10.4. The molecular formula is C17H36N4O2. The third-order valence-electron chi connectivity index (χ3n) is 3.02. The summed E-state index contributed by atoms with van der Waals surface area (Å²) in [6.45, 7) is 15.5. The van der Waals surface area contributed by atoms with E-state index < -0.39 is 11.7 Å². The van der Waals surface area contributed by atoms with Gasteiger partial charge in [-0.05, 0) is 46.0 Å². The van der Waals surface area contributed by atoms with Gasteiger partial charge < -0.3 is 20.7 Å². The fraction of sp³-hybridized carbons (Fsp3) is 0.882. The Balaban J connectivity index is 3.97. The lowest BCUT2D eigenvalue weighted by Crippen LogP contribution is -2.45. The number of nitrogens with one attached hydrogen (secondary N) is 3. The number of rotatable bonds is 6. The van der Waals surface area contributed by atoms with Crippen LogP contribution in [0, 0.1) is 5.41 Å². The van der Waals surface area contributed by atoms with Crippen molar-refractivity contribution in [2.75, 3.05) is 20.1 Å². The number of nitrogens with zero attached hydrogens (tertiary/aromatic N) is 1. The van der Waals surface area contributed by atoms with E-state index in [0.717, 1.165) is 18.8 Å². The predicted molar refractivity (Wildman–Crippen MR) is 96.9 cm³/mol. The average molecular weight is 329 g/mol. The van der Waals surface area contributed by atoms with Crippen LogP contribution in [0.5, 0.6) is 0 Å². The van der Waals surface area contributed by atoms with E-state index in [0.29, 0.717) is 24.5 Å². The zero-order chi connectivity index (χ0) is 18.1. The second-order valence-corrected chi connectivity index (χ2v) is 8.07. The molecule has 0 bridgehead atoms. The van der Waals surface area contributed by atoms with Crippen molar-refractivity contribution in [3.63, 3.8) is 0 Å². The van der Waals surface area contributed by atoms with Crippen LogP contribution in [0.2, 0.25) is 0 Å². The molecule has 6 nitrogen and oxygen atoms in total. The van der Waals surface area contributed by atoms with Crippen molar-refractivity contribution < 1.29 is 9.53 Å². The number of aliphatic imine (C=N–C) groups is 1. The van der Waals surface area contributed by atoms with E-state index in [2.05, 4.69) is 48.6 Å². The molecule has 3 N–H and O–H groups in total. The lowest BCUT2D eigenvalue weighted by molar-refractivity contribution is 0.0529. The molecule has 1 unspecified atom stereocenters. The van der Waals surface area contributed by atoms with Crippen molar-refractivity contribution in [1.82, 2.24) is 16.0 Å². The van der Waals surface area contributed by atoms with E-state index in [-0.39, 0.29) is 0 Å². The molecule has 0 aromatic carbocycles. The number of carbonyl (C=O) groups is 1.